The molecule has 0 unspecified atom stereocenters. The maximum atomic E-state index is 5.62. The first kappa shape index (κ1) is 20.3. The molecule has 106 valence electrons. The molecule has 0 saturated carbocycles. The van der Waals surface area contributed by atoms with Gasteiger partial charge < -0.3 is 14.8 Å². The van der Waals surface area contributed by atoms with Crippen LogP contribution in [0.1, 0.15) is 5.56 Å². The lowest BCUT2D eigenvalue weighted by molar-refractivity contribution is 0.196. The van der Waals surface area contributed by atoms with E-state index >= 15 is 0 Å². The van der Waals surface area contributed by atoms with Crippen molar-refractivity contribution in [1.29, 1.82) is 0 Å². The van der Waals surface area contributed by atoms with Crippen LogP contribution in [-0.4, -0.2) is 33.4 Å². The minimum absolute atomic E-state index is 0. The quantitative estimate of drug-likeness (QED) is 0.757. The van der Waals surface area contributed by atoms with E-state index in [-0.39, 0.29) is 24.8 Å². The lowest BCUT2D eigenvalue weighted by Gasteiger charge is -2.09. The molecule has 0 amide bonds. The molecule has 3 nitrogen and oxygen atoms in total. The van der Waals surface area contributed by atoms with Crippen molar-refractivity contribution in [2.45, 2.75) is 6.92 Å². The van der Waals surface area contributed by atoms with Gasteiger partial charge in [0, 0.05) is 20.2 Å². The first-order valence-electron chi connectivity index (χ1n) is 5.32. The number of nitrogens with one attached hydrogen (secondary N) is 1. The zero-order valence-corrected chi connectivity index (χ0v) is 13.8. The van der Waals surface area contributed by atoms with Gasteiger partial charge in [0.05, 0.1) is 11.1 Å². The molecule has 0 aromatic heterocycles. The number of halogens is 3. The summed E-state index contributed by atoms with van der Waals surface area (Å²) in [5, 5.41) is 3.22. The Hall–Kier alpha value is -0.000000000000000111. The molecule has 6 heteroatoms. The Balaban J connectivity index is 0. The van der Waals surface area contributed by atoms with Gasteiger partial charge in [0.1, 0.15) is 12.4 Å². The number of ether oxygens (including phenoxy) is 2. The van der Waals surface area contributed by atoms with Crippen molar-refractivity contribution in [2.75, 3.05) is 33.4 Å². The van der Waals surface area contributed by atoms with Crippen LogP contribution in [0.5, 0.6) is 5.75 Å². The van der Waals surface area contributed by atoms with Crippen molar-refractivity contribution in [1.82, 2.24) is 5.32 Å². The topological polar surface area (TPSA) is 30.5 Å². The fraction of sp³-hybridized carbons (Fsp3) is 0.500. The minimum atomic E-state index is 0. The molecule has 0 saturated heterocycles. The highest BCUT2D eigenvalue weighted by Crippen LogP contribution is 2.25. The van der Waals surface area contributed by atoms with Crippen LogP contribution in [0, 0.1) is 6.92 Å². The summed E-state index contributed by atoms with van der Waals surface area (Å²) in [5.41, 5.74) is 1.22. The summed E-state index contributed by atoms with van der Waals surface area (Å²) in [6.07, 6.45) is 0. The molecule has 1 aromatic rings. The van der Waals surface area contributed by atoms with Crippen molar-refractivity contribution in [2.24, 2.45) is 0 Å². The predicted molar refractivity (Wildman–Crippen MR) is 83.6 cm³/mol. The van der Waals surface area contributed by atoms with Gasteiger partial charge in [-0.2, -0.15) is 0 Å². The summed E-state index contributed by atoms with van der Waals surface area (Å²) in [5.74, 6) is 0.888. The predicted octanol–water partition coefficient (Wildman–Crippen LogP) is 3.22. The number of hydrogen-bond acceptors (Lipinski definition) is 3. The van der Waals surface area contributed by atoms with Gasteiger partial charge in [-0.05, 0) is 40.5 Å². The number of benzene rings is 1. The Morgan fingerprint density at radius 1 is 1.17 bits per heavy atom. The average Bonchev–Trinajstić information content (AvgIpc) is 2.26. The summed E-state index contributed by atoms with van der Waals surface area (Å²) < 4.78 is 11.6. The summed E-state index contributed by atoms with van der Waals surface area (Å²) in [7, 11) is 1.70. The van der Waals surface area contributed by atoms with Crippen LogP contribution < -0.4 is 10.1 Å². The van der Waals surface area contributed by atoms with E-state index in [2.05, 4.69) is 28.2 Å². The van der Waals surface area contributed by atoms with Crippen molar-refractivity contribution in [3.8, 4) is 5.75 Å². The zero-order valence-electron chi connectivity index (χ0n) is 10.6. The molecular weight excluding hydrogens is 341 g/mol. The first-order valence-corrected chi connectivity index (χ1v) is 6.12. The molecule has 0 aliphatic rings. The van der Waals surface area contributed by atoms with Gasteiger partial charge in [-0.15, -0.1) is 24.8 Å². The molecule has 1 rings (SSSR count). The molecular formula is C12H20BrCl2NO2. The highest BCUT2D eigenvalue weighted by atomic mass is 79.9. The minimum Gasteiger partial charge on any atom is -0.491 e. The van der Waals surface area contributed by atoms with Gasteiger partial charge in [-0.1, -0.05) is 6.07 Å². The first-order chi connectivity index (χ1) is 7.74. The van der Waals surface area contributed by atoms with Crippen LogP contribution in [0.3, 0.4) is 0 Å². The highest BCUT2D eigenvalue weighted by molar-refractivity contribution is 9.10. The van der Waals surface area contributed by atoms with E-state index < -0.39 is 0 Å². The van der Waals surface area contributed by atoms with E-state index in [0.717, 1.165) is 29.9 Å². The summed E-state index contributed by atoms with van der Waals surface area (Å²) >= 11 is 3.48. The van der Waals surface area contributed by atoms with Crippen molar-refractivity contribution >= 4 is 40.7 Å². The third-order valence-corrected chi connectivity index (χ3v) is 2.73. The van der Waals surface area contributed by atoms with Crippen LogP contribution in [0.2, 0.25) is 0 Å². The van der Waals surface area contributed by atoms with Crippen LogP contribution >= 0.6 is 40.7 Å². The molecule has 0 aliphatic heterocycles. The van der Waals surface area contributed by atoms with Gasteiger partial charge in [0.25, 0.3) is 0 Å². The average molecular weight is 361 g/mol. The number of rotatable bonds is 7. The normalized spacial score (nSPS) is 9.28. The molecule has 0 atom stereocenters. The van der Waals surface area contributed by atoms with Crippen molar-refractivity contribution in [3.63, 3.8) is 0 Å². The Morgan fingerprint density at radius 2 is 1.83 bits per heavy atom. The smallest absolute Gasteiger partial charge is 0.133 e. The van der Waals surface area contributed by atoms with E-state index in [0.29, 0.717) is 6.61 Å². The van der Waals surface area contributed by atoms with Crippen LogP contribution in [0.25, 0.3) is 0 Å². The fourth-order valence-electron chi connectivity index (χ4n) is 1.26. The fourth-order valence-corrected chi connectivity index (χ4v) is 1.86. The zero-order chi connectivity index (χ0) is 11.8. The summed E-state index contributed by atoms with van der Waals surface area (Å²) in [6.45, 7) is 5.12. The van der Waals surface area contributed by atoms with Crippen molar-refractivity contribution < 1.29 is 9.47 Å². The second-order valence-corrected chi connectivity index (χ2v) is 4.38. The van der Waals surface area contributed by atoms with Crippen LogP contribution in [-0.2, 0) is 4.74 Å². The molecule has 1 aromatic carbocycles. The van der Waals surface area contributed by atoms with Crippen molar-refractivity contribution in [3.05, 3.63) is 28.2 Å². The Kier molecular flexibility index (Phi) is 13.6. The van der Waals surface area contributed by atoms with E-state index in [9.17, 15) is 0 Å². The second kappa shape index (κ2) is 12.1. The van der Waals surface area contributed by atoms with E-state index in [1.165, 1.54) is 5.56 Å². The molecule has 0 fully saturated rings. The Bertz CT molecular complexity index is 327. The van der Waals surface area contributed by atoms with E-state index in [4.69, 9.17) is 9.47 Å². The van der Waals surface area contributed by atoms with Gasteiger partial charge in [-0.3, -0.25) is 0 Å². The number of aryl methyl sites for hydroxylation is 1. The molecule has 0 heterocycles. The molecule has 1 N–H and O–H groups in total. The SMILES string of the molecule is COCCNCCOc1ccc(C)cc1Br.Cl.Cl. The lowest BCUT2D eigenvalue weighted by atomic mass is 10.2. The maximum Gasteiger partial charge on any atom is 0.133 e. The summed E-state index contributed by atoms with van der Waals surface area (Å²) in [4.78, 5) is 0. The van der Waals surface area contributed by atoms with E-state index in [1.54, 1.807) is 7.11 Å². The second-order valence-electron chi connectivity index (χ2n) is 3.53. The van der Waals surface area contributed by atoms with Gasteiger partial charge in [-0.25, -0.2) is 0 Å². The molecule has 0 radical (unpaired) electrons. The number of hydrogen-bond donors (Lipinski definition) is 1. The third-order valence-electron chi connectivity index (χ3n) is 2.11. The molecule has 0 spiro atoms. The Morgan fingerprint density at radius 3 is 2.44 bits per heavy atom. The maximum absolute atomic E-state index is 5.62. The molecule has 18 heavy (non-hydrogen) atoms. The Labute approximate surface area is 130 Å². The number of methoxy groups -OCH3 is 1. The van der Waals surface area contributed by atoms with Gasteiger partial charge >= 0.3 is 0 Å². The molecule has 0 bridgehead atoms. The standard InChI is InChI=1S/C12H18BrNO2.2ClH/c1-10-3-4-12(11(13)9-10)16-8-6-14-5-7-15-2;;/h3-4,9,14H,5-8H2,1-2H3;2*1H. The monoisotopic (exact) mass is 359 g/mol. The van der Waals surface area contributed by atoms with E-state index in [1.807, 2.05) is 18.2 Å². The largest absolute Gasteiger partial charge is 0.491 e. The van der Waals surface area contributed by atoms with Crippen LogP contribution in [0.15, 0.2) is 22.7 Å². The molecule has 0 aliphatic carbocycles. The van der Waals surface area contributed by atoms with Gasteiger partial charge in [0.15, 0.2) is 0 Å². The van der Waals surface area contributed by atoms with Gasteiger partial charge in [0.2, 0.25) is 0 Å². The third kappa shape index (κ3) is 8.16. The van der Waals surface area contributed by atoms with Crippen LogP contribution in [0.4, 0.5) is 0 Å². The lowest BCUT2D eigenvalue weighted by Crippen LogP contribution is -2.24. The summed E-state index contributed by atoms with van der Waals surface area (Å²) in [6, 6.07) is 6.07. The highest BCUT2D eigenvalue weighted by Gasteiger charge is 2.00.